The maximum Gasteiger partial charge on any atom is 0.306 e. The van der Waals surface area contributed by atoms with Crippen LogP contribution >= 0.6 is 0 Å². The summed E-state index contributed by atoms with van der Waals surface area (Å²) >= 11 is 0. The molecule has 0 aliphatic rings. The minimum Gasteiger partial charge on any atom is -0.481 e. The molecule has 3 heteroatoms. The normalized spacial score (nSPS) is 14.2. The summed E-state index contributed by atoms with van der Waals surface area (Å²) in [6, 6.07) is 0. The molecule has 0 saturated carbocycles. The maximum absolute atomic E-state index is 10.5. The van der Waals surface area contributed by atoms with E-state index >= 15 is 0 Å². The third-order valence-electron chi connectivity index (χ3n) is 2.39. The first-order chi connectivity index (χ1) is 5.89. The van der Waals surface area contributed by atoms with Crippen LogP contribution in [-0.2, 0) is 9.53 Å². The molecular formula is C10H20O3. The van der Waals surface area contributed by atoms with E-state index in [0.717, 1.165) is 19.3 Å². The second-order valence-corrected chi connectivity index (χ2v) is 4.10. The fourth-order valence-electron chi connectivity index (χ4n) is 1.06. The Kier molecular flexibility index (Phi) is 4.99. The molecule has 13 heavy (non-hydrogen) atoms. The van der Waals surface area contributed by atoms with Gasteiger partial charge in [-0.25, -0.2) is 0 Å². The van der Waals surface area contributed by atoms with E-state index in [1.807, 2.05) is 13.8 Å². The van der Waals surface area contributed by atoms with Crippen molar-refractivity contribution in [2.75, 3.05) is 7.11 Å². The highest BCUT2D eigenvalue weighted by molar-refractivity contribution is 5.69. The number of hydrogen-bond donors (Lipinski definition) is 1. The van der Waals surface area contributed by atoms with Crippen molar-refractivity contribution in [1.82, 2.24) is 0 Å². The van der Waals surface area contributed by atoms with Crippen LogP contribution in [0.3, 0.4) is 0 Å². The molecular weight excluding hydrogens is 168 g/mol. The number of ether oxygens (including phenoxy) is 1. The van der Waals surface area contributed by atoms with Crippen molar-refractivity contribution in [3.05, 3.63) is 0 Å². The first kappa shape index (κ1) is 12.4. The van der Waals surface area contributed by atoms with E-state index in [1.165, 1.54) is 0 Å². The summed E-state index contributed by atoms with van der Waals surface area (Å²) < 4.78 is 5.23. The Morgan fingerprint density at radius 1 is 1.54 bits per heavy atom. The third kappa shape index (κ3) is 5.64. The smallest absolute Gasteiger partial charge is 0.306 e. The fourth-order valence-corrected chi connectivity index (χ4v) is 1.06. The molecule has 0 bridgehead atoms. The average Bonchev–Trinajstić information content (AvgIpc) is 2.04. The zero-order chi connectivity index (χ0) is 10.5. The topological polar surface area (TPSA) is 46.5 Å². The molecule has 0 unspecified atom stereocenters. The summed E-state index contributed by atoms with van der Waals surface area (Å²) in [5, 5.41) is 8.64. The van der Waals surface area contributed by atoms with Crippen molar-refractivity contribution in [3.8, 4) is 0 Å². The van der Waals surface area contributed by atoms with Crippen molar-refractivity contribution in [2.45, 2.75) is 45.6 Å². The quantitative estimate of drug-likeness (QED) is 0.695. The lowest BCUT2D eigenvalue weighted by Crippen LogP contribution is -2.22. The zero-order valence-corrected chi connectivity index (χ0v) is 8.96. The standard InChI is InChI=1S/C10H20O3/c1-8(9(11)12)6-5-7-10(2,3)13-4/h8H,5-7H2,1-4H3,(H,11,12)/t8-/m1/s1. The highest BCUT2D eigenvalue weighted by atomic mass is 16.5. The van der Waals surface area contributed by atoms with Crippen LogP contribution in [0.1, 0.15) is 40.0 Å². The molecule has 0 aromatic rings. The monoisotopic (exact) mass is 188 g/mol. The minimum absolute atomic E-state index is 0.127. The van der Waals surface area contributed by atoms with Gasteiger partial charge in [-0.05, 0) is 33.1 Å². The van der Waals surface area contributed by atoms with Crippen LogP contribution in [0.25, 0.3) is 0 Å². The van der Waals surface area contributed by atoms with E-state index in [9.17, 15) is 4.79 Å². The molecule has 0 radical (unpaired) electrons. The van der Waals surface area contributed by atoms with Gasteiger partial charge in [0.25, 0.3) is 0 Å². The summed E-state index contributed by atoms with van der Waals surface area (Å²) in [5.74, 6) is -0.956. The molecule has 0 amide bonds. The van der Waals surface area contributed by atoms with Crippen LogP contribution in [0, 0.1) is 5.92 Å². The zero-order valence-electron chi connectivity index (χ0n) is 8.96. The molecule has 0 spiro atoms. The van der Waals surface area contributed by atoms with Gasteiger partial charge in [-0.1, -0.05) is 6.92 Å². The molecule has 1 atom stereocenters. The van der Waals surface area contributed by atoms with Gasteiger partial charge in [0.2, 0.25) is 0 Å². The molecule has 0 aromatic carbocycles. The van der Waals surface area contributed by atoms with Crippen LogP contribution in [0.15, 0.2) is 0 Å². The van der Waals surface area contributed by atoms with Gasteiger partial charge >= 0.3 is 5.97 Å². The van der Waals surface area contributed by atoms with Crippen LogP contribution in [0.4, 0.5) is 0 Å². The lowest BCUT2D eigenvalue weighted by atomic mass is 9.97. The first-order valence-electron chi connectivity index (χ1n) is 4.67. The van der Waals surface area contributed by atoms with E-state index in [2.05, 4.69) is 0 Å². The lowest BCUT2D eigenvalue weighted by Gasteiger charge is -2.22. The van der Waals surface area contributed by atoms with E-state index in [-0.39, 0.29) is 11.5 Å². The number of hydrogen-bond acceptors (Lipinski definition) is 2. The second kappa shape index (κ2) is 5.22. The molecule has 0 fully saturated rings. The number of carboxylic acid groups (broad SMARTS) is 1. The number of carboxylic acids is 1. The molecule has 78 valence electrons. The minimum atomic E-state index is -0.713. The SMILES string of the molecule is COC(C)(C)CCC[C@@H](C)C(=O)O. The predicted molar refractivity (Wildman–Crippen MR) is 51.7 cm³/mol. The van der Waals surface area contributed by atoms with Gasteiger partial charge in [0, 0.05) is 7.11 Å². The van der Waals surface area contributed by atoms with Crippen LogP contribution < -0.4 is 0 Å². The predicted octanol–water partition coefficient (Wildman–Crippen LogP) is 2.30. The Bertz CT molecular complexity index is 164. The van der Waals surface area contributed by atoms with Crippen molar-refractivity contribution in [3.63, 3.8) is 0 Å². The van der Waals surface area contributed by atoms with E-state index < -0.39 is 5.97 Å². The van der Waals surface area contributed by atoms with Crippen LogP contribution in [0.5, 0.6) is 0 Å². The van der Waals surface area contributed by atoms with Crippen molar-refractivity contribution in [1.29, 1.82) is 0 Å². The average molecular weight is 188 g/mol. The molecule has 0 saturated heterocycles. The molecule has 3 nitrogen and oxygen atoms in total. The van der Waals surface area contributed by atoms with E-state index in [4.69, 9.17) is 9.84 Å². The van der Waals surface area contributed by atoms with Gasteiger partial charge in [0.15, 0.2) is 0 Å². The van der Waals surface area contributed by atoms with E-state index in [0.29, 0.717) is 0 Å². The molecule has 0 heterocycles. The highest BCUT2D eigenvalue weighted by Crippen LogP contribution is 2.18. The Labute approximate surface area is 80.1 Å². The van der Waals surface area contributed by atoms with Crippen LogP contribution in [0.2, 0.25) is 0 Å². The Morgan fingerprint density at radius 3 is 2.46 bits per heavy atom. The second-order valence-electron chi connectivity index (χ2n) is 4.10. The van der Waals surface area contributed by atoms with Gasteiger partial charge in [-0.2, -0.15) is 0 Å². The summed E-state index contributed by atoms with van der Waals surface area (Å²) in [5.41, 5.74) is -0.127. The molecule has 0 aliphatic heterocycles. The summed E-state index contributed by atoms with van der Waals surface area (Å²) in [7, 11) is 1.68. The molecule has 0 aromatic heterocycles. The van der Waals surface area contributed by atoms with Crippen molar-refractivity contribution < 1.29 is 14.6 Å². The lowest BCUT2D eigenvalue weighted by molar-refractivity contribution is -0.141. The molecule has 1 N–H and O–H groups in total. The number of rotatable bonds is 6. The molecule has 0 rings (SSSR count). The number of aliphatic carboxylic acids is 1. The van der Waals surface area contributed by atoms with Crippen LogP contribution in [-0.4, -0.2) is 23.8 Å². The Balaban J connectivity index is 3.62. The van der Waals surface area contributed by atoms with Gasteiger partial charge in [0.05, 0.1) is 11.5 Å². The summed E-state index contributed by atoms with van der Waals surface area (Å²) in [4.78, 5) is 10.5. The van der Waals surface area contributed by atoms with Crippen molar-refractivity contribution >= 4 is 5.97 Å². The fraction of sp³-hybridized carbons (Fsp3) is 0.900. The van der Waals surface area contributed by atoms with Gasteiger partial charge in [0.1, 0.15) is 0 Å². The summed E-state index contributed by atoms with van der Waals surface area (Å²) in [6.45, 7) is 5.76. The third-order valence-corrected chi connectivity index (χ3v) is 2.39. The first-order valence-corrected chi connectivity index (χ1v) is 4.67. The largest absolute Gasteiger partial charge is 0.481 e. The Hall–Kier alpha value is -0.570. The number of methoxy groups -OCH3 is 1. The van der Waals surface area contributed by atoms with Gasteiger partial charge < -0.3 is 9.84 Å². The summed E-state index contributed by atoms with van der Waals surface area (Å²) in [6.07, 6.45) is 2.53. The number of carbonyl (C=O) groups is 1. The van der Waals surface area contributed by atoms with Gasteiger partial charge in [-0.3, -0.25) is 4.79 Å². The van der Waals surface area contributed by atoms with E-state index in [1.54, 1.807) is 14.0 Å². The molecule has 0 aliphatic carbocycles. The maximum atomic E-state index is 10.5. The van der Waals surface area contributed by atoms with Crippen molar-refractivity contribution in [2.24, 2.45) is 5.92 Å². The van der Waals surface area contributed by atoms with Gasteiger partial charge in [-0.15, -0.1) is 0 Å². The highest BCUT2D eigenvalue weighted by Gasteiger charge is 2.17. The Morgan fingerprint density at radius 2 is 2.08 bits per heavy atom.